The lowest BCUT2D eigenvalue weighted by Crippen LogP contribution is -2.53. The Labute approximate surface area is 195 Å². The van der Waals surface area contributed by atoms with Gasteiger partial charge in [-0.15, -0.1) is 0 Å². The Hall–Kier alpha value is -2.95. The Morgan fingerprint density at radius 1 is 0.735 bits per heavy atom. The van der Waals surface area contributed by atoms with Crippen molar-refractivity contribution in [1.29, 1.82) is 0 Å². The Bertz CT molecular complexity index is 1360. The average Bonchev–Trinajstić information content (AvgIpc) is 3.19. The summed E-state index contributed by atoms with van der Waals surface area (Å²) in [4.78, 5) is -0.591. The number of alkyl halides is 3. The Kier molecular flexibility index (Phi) is 5.95. The molecule has 1 atom stereocenters. The third-order valence-electron chi connectivity index (χ3n) is 5.88. The molecule has 10 heteroatoms. The van der Waals surface area contributed by atoms with Gasteiger partial charge in [-0.05, 0) is 47.5 Å². The number of aliphatic hydroxyl groups excluding tert-OH is 1. The Morgan fingerprint density at radius 3 is 1.59 bits per heavy atom. The van der Waals surface area contributed by atoms with Crippen LogP contribution in [0.4, 0.5) is 13.2 Å². The van der Waals surface area contributed by atoms with Gasteiger partial charge in [0, 0.05) is 6.42 Å². The van der Waals surface area contributed by atoms with E-state index < -0.39 is 48.0 Å². The monoisotopic (exact) mass is 508 g/mol. The SMILES string of the molecule is O=S(=O)(c1ccccc1)C1(S(=O)(=O)c2ccccc2)CC=C(c2ccc(C(F)(F)F)cc2)C1O. The minimum atomic E-state index is -4.70. The predicted molar refractivity (Wildman–Crippen MR) is 120 cm³/mol. The van der Waals surface area contributed by atoms with Crippen molar-refractivity contribution in [3.63, 3.8) is 0 Å². The van der Waals surface area contributed by atoms with Gasteiger partial charge in [0.1, 0.15) is 6.10 Å². The van der Waals surface area contributed by atoms with Crippen LogP contribution in [0.15, 0.2) is 101 Å². The Balaban J connectivity index is 1.89. The first-order chi connectivity index (χ1) is 15.9. The van der Waals surface area contributed by atoms with E-state index in [1.165, 1.54) is 54.6 Å². The van der Waals surface area contributed by atoms with Gasteiger partial charge in [-0.2, -0.15) is 13.2 Å². The van der Waals surface area contributed by atoms with Crippen molar-refractivity contribution < 1.29 is 35.1 Å². The molecule has 1 aliphatic carbocycles. The van der Waals surface area contributed by atoms with Crippen LogP contribution >= 0.6 is 0 Å². The zero-order valence-corrected chi connectivity index (χ0v) is 19.1. The van der Waals surface area contributed by atoms with E-state index in [4.69, 9.17) is 0 Å². The van der Waals surface area contributed by atoms with E-state index in [2.05, 4.69) is 0 Å². The zero-order chi connectivity index (χ0) is 24.8. The molecule has 3 aromatic carbocycles. The summed E-state index contributed by atoms with van der Waals surface area (Å²) < 4.78 is 91.5. The quantitative estimate of drug-likeness (QED) is 0.549. The number of halogens is 3. The molecule has 34 heavy (non-hydrogen) atoms. The van der Waals surface area contributed by atoms with Crippen molar-refractivity contribution in [1.82, 2.24) is 0 Å². The maximum Gasteiger partial charge on any atom is 0.416 e. The van der Waals surface area contributed by atoms with Crippen LogP contribution in [0.3, 0.4) is 0 Å². The van der Waals surface area contributed by atoms with Crippen LogP contribution in [-0.2, 0) is 25.9 Å². The number of aliphatic hydroxyl groups is 1. The molecule has 0 bridgehead atoms. The fourth-order valence-electron chi connectivity index (χ4n) is 4.10. The molecular weight excluding hydrogens is 489 g/mol. The van der Waals surface area contributed by atoms with Crippen molar-refractivity contribution in [3.05, 3.63) is 102 Å². The third kappa shape index (κ3) is 3.66. The number of hydrogen-bond acceptors (Lipinski definition) is 5. The van der Waals surface area contributed by atoms with Crippen LogP contribution in [-0.4, -0.2) is 32.1 Å². The largest absolute Gasteiger partial charge is 0.416 e. The molecule has 0 fully saturated rings. The Morgan fingerprint density at radius 2 is 1.18 bits per heavy atom. The fraction of sp³-hybridized carbons (Fsp3) is 0.167. The van der Waals surface area contributed by atoms with E-state index in [0.717, 1.165) is 24.3 Å². The van der Waals surface area contributed by atoms with Gasteiger partial charge < -0.3 is 5.11 Å². The first kappa shape index (κ1) is 24.2. The zero-order valence-electron chi connectivity index (χ0n) is 17.5. The lowest BCUT2D eigenvalue weighted by Gasteiger charge is -2.33. The molecule has 0 aromatic heterocycles. The van der Waals surface area contributed by atoms with E-state index in [0.29, 0.717) is 0 Å². The van der Waals surface area contributed by atoms with Gasteiger partial charge in [0.05, 0.1) is 15.4 Å². The standard InChI is InChI=1S/C24H19F3O5S2/c25-24(26,27)18-13-11-17(12-14-18)21-15-16-23(22(21)28,33(29,30)19-7-3-1-4-8-19)34(31,32)20-9-5-2-6-10-20/h1-15,22,28H,16H2. The van der Waals surface area contributed by atoms with Crippen molar-refractivity contribution >= 4 is 25.2 Å². The number of sulfone groups is 2. The number of hydrogen-bond donors (Lipinski definition) is 1. The highest BCUT2D eigenvalue weighted by Gasteiger charge is 2.63. The summed E-state index contributed by atoms with van der Waals surface area (Å²) >= 11 is 0. The van der Waals surface area contributed by atoms with Gasteiger partial charge in [0.2, 0.25) is 23.8 Å². The first-order valence-corrected chi connectivity index (χ1v) is 13.0. The summed E-state index contributed by atoms with van der Waals surface area (Å²) in [5.41, 5.74) is -0.911. The van der Waals surface area contributed by atoms with Gasteiger partial charge in [-0.1, -0.05) is 54.6 Å². The van der Waals surface area contributed by atoms with Gasteiger partial charge >= 0.3 is 6.18 Å². The first-order valence-electron chi connectivity index (χ1n) is 10.1. The minimum Gasteiger partial charge on any atom is -0.386 e. The van der Waals surface area contributed by atoms with Crippen molar-refractivity contribution in [2.45, 2.75) is 32.6 Å². The van der Waals surface area contributed by atoms with Crippen molar-refractivity contribution in [3.8, 4) is 0 Å². The van der Waals surface area contributed by atoms with Crippen LogP contribution in [0.5, 0.6) is 0 Å². The second kappa shape index (κ2) is 8.37. The van der Waals surface area contributed by atoms with E-state index in [-0.39, 0.29) is 20.9 Å². The van der Waals surface area contributed by atoms with Crippen LogP contribution in [0.2, 0.25) is 0 Å². The van der Waals surface area contributed by atoms with Gasteiger partial charge in [0.15, 0.2) is 0 Å². The van der Waals surface area contributed by atoms with E-state index in [9.17, 15) is 35.1 Å². The van der Waals surface area contributed by atoms with Crippen LogP contribution in [0.1, 0.15) is 17.5 Å². The molecule has 0 radical (unpaired) electrons. The average molecular weight is 509 g/mol. The van der Waals surface area contributed by atoms with Crippen molar-refractivity contribution in [2.75, 3.05) is 0 Å². The highest BCUT2D eigenvalue weighted by Crippen LogP contribution is 2.49. The van der Waals surface area contributed by atoms with Crippen LogP contribution in [0, 0.1) is 0 Å². The number of rotatable bonds is 5. The summed E-state index contributed by atoms with van der Waals surface area (Å²) in [7, 11) is -9.40. The third-order valence-corrected chi connectivity index (χ3v) is 11.6. The van der Waals surface area contributed by atoms with Gasteiger partial charge in [0.25, 0.3) is 0 Å². The summed E-state index contributed by atoms with van der Waals surface area (Å²) in [5.74, 6) is 0. The maximum atomic E-state index is 13.8. The smallest absolute Gasteiger partial charge is 0.386 e. The maximum absolute atomic E-state index is 13.8. The molecule has 1 N–H and O–H groups in total. The fourth-order valence-corrected chi connectivity index (χ4v) is 9.10. The van der Waals surface area contributed by atoms with Crippen molar-refractivity contribution in [2.24, 2.45) is 0 Å². The molecule has 3 aromatic rings. The van der Waals surface area contributed by atoms with E-state index in [1.807, 2.05) is 0 Å². The van der Waals surface area contributed by atoms with Crippen LogP contribution in [0.25, 0.3) is 5.57 Å². The molecule has 0 saturated heterocycles. The molecule has 0 amide bonds. The molecule has 5 nitrogen and oxygen atoms in total. The second-order valence-electron chi connectivity index (χ2n) is 7.79. The number of benzene rings is 3. The predicted octanol–water partition coefficient (Wildman–Crippen LogP) is 4.50. The summed E-state index contributed by atoms with van der Waals surface area (Å²) in [6, 6.07) is 17.5. The molecule has 178 valence electrons. The minimum absolute atomic E-state index is 0.0762. The lowest BCUT2D eigenvalue weighted by atomic mass is 10.0. The van der Waals surface area contributed by atoms with E-state index >= 15 is 0 Å². The van der Waals surface area contributed by atoms with Crippen LogP contribution < -0.4 is 0 Å². The molecule has 0 aliphatic heterocycles. The highest BCUT2D eigenvalue weighted by molar-refractivity contribution is 8.10. The second-order valence-corrected chi connectivity index (χ2v) is 12.5. The summed E-state index contributed by atoms with van der Waals surface area (Å²) in [6.07, 6.45) is -5.97. The molecule has 1 aliphatic rings. The molecule has 0 saturated carbocycles. The molecule has 0 spiro atoms. The lowest BCUT2D eigenvalue weighted by molar-refractivity contribution is -0.137. The topological polar surface area (TPSA) is 88.5 Å². The number of allylic oxidation sites excluding steroid dienone is 1. The normalized spacial score (nSPS) is 18.5. The molecule has 4 rings (SSSR count). The highest BCUT2D eigenvalue weighted by atomic mass is 32.3. The molecule has 1 unspecified atom stereocenters. The molecule has 0 heterocycles. The van der Waals surface area contributed by atoms with Gasteiger partial charge in [-0.3, -0.25) is 0 Å². The summed E-state index contributed by atoms with van der Waals surface area (Å²) in [6.45, 7) is 0. The van der Waals surface area contributed by atoms with Gasteiger partial charge in [-0.25, -0.2) is 16.8 Å². The summed E-state index contributed by atoms with van der Waals surface area (Å²) in [5, 5.41) is 11.3. The molecular formula is C24H19F3O5S2. The van der Waals surface area contributed by atoms with E-state index in [1.54, 1.807) is 12.1 Å².